The lowest BCUT2D eigenvalue weighted by Crippen LogP contribution is -1.79. The van der Waals surface area contributed by atoms with E-state index in [1.54, 1.807) is 12.1 Å². The van der Waals surface area contributed by atoms with E-state index in [9.17, 15) is 4.39 Å². The minimum absolute atomic E-state index is 0.168. The number of rotatable bonds is 0. The molecule has 6 rings (SSSR count). The summed E-state index contributed by atoms with van der Waals surface area (Å²) < 4.78 is 15.1. The van der Waals surface area contributed by atoms with Gasteiger partial charge in [-0.3, -0.25) is 0 Å². The highest BCUT2D eigenvalue weighted by Crippen LogP contribution is 2.31. The molecule has 1 aromatic heterocycles. The van der Waals surface area contributed by atoms with E-state index in [1.807, 2.05) is 17.4 Å². The number of fused-ring (bicyclic) bond motifs is 2. The quantitative estimate of drug-likeness (QED) is 0.365. The van der Waals surface area contributed by atoms with Crippen LogP contribution < -0.4 is 0 Å². The van der Waals surface area contributed by atoms with E-state index >= 15 is 0 Å². The highest BCUT2D eigenvalue weighted by molar-refractivity contribution is 7.10. The molecule has 4 aromatic rings. The minimum atomic E-state index is -0.168. The molecule has 0 fully saturated rings. The lowest BCUT2D eigenvalue weighted by atomic mass is 10.1. The fraction of sp³-hybridized carbons (Fsp3) is 0.0476. The molecule has 0 radical (unpaired) electrons. The monoisotopic (exact) mass is 314 g/mol. The Morgan fingerprint density at radius 2 is 1.26 bits per heavy atom. The summed E-state index contributed by atoms with van der Waals surface area (Å²) in [6.45, 7) is 2.17. The van der Waals surface area contributed by atoms with Crippen LogP contribution in [0.1, 0.15) is 4.88 Å². The maximum atomic E-state index is 13.8. The van der Waals surface area contributed by atoms with Gasteiger partial charge in [0.05, 0.1) is 0 Å². The van der Waals surface area contributed by atoms with Crippen molar-refractivity contribution in [3.63, 3.8) is 0 Å². The Kier molecular flexibility index (Phi) is 1.94. The normalized spacial score (nSPS) is 12.8. The van der Waals surface area contributed by atoms with E-state index in [0.29, 0.717) is 0 Å². The largest absolute Gasteiger partial charge is 0.207 e. The number of hydrogen-bond donors (Lipinski definition) is 0. The first-order chi connectivity index (χ1) is 11.2. The number of benzene rings is 3. The van der Waals surface area contributed by atoms with Gasteiger partial charge in [0, 0.05) is 19.8 Å². The molecule has 0 amide bonds. The molecule has 0 N–H and O–H groups in total. The van der Waals surface area contributed by atoms with Gasteiger partial charge in [0.15, 0.2) is 0 Å². The van der Waals surface area contributed by atoms with Crippen LogP contribution in [0.15, 0.2) is 48.5 Å². The first-order valence-corrected chi connectivity index (χ1v) is 8.55. The predicted octanol–water partition coefficient (Wildman–Crippen LogP) is 5.12. The van der Waals surface area contributed by atoms with Crippen LogP contribution in [0.25, 0.3) is 10.8 Å². The Morgan fingerprint density at radius 3 is 2.09 bits per heavy atom. The molecular weight excluding hydrogens is 303 g/mol. The SMILES string of the molecule is Cc1cc2c(s1)=c1ccc3c4c(ccc=2c14)=c1ccc(F)cc1=3. The van der Waals surface area contributed by atoms with Crippen LogP contribution in [0.2, 0.25) is 0 Å². The molecule has 0 spiro atoms. The van der Waals surface area contributed by atoms with E-state index in [0.717, 1.165) is 10.4 Å². The van der Waals surface area contributed by atoms with Crippen molar-refractivity contribution in [2.24, 2.45) is 0 Å². The summed E-state index contributed by atoms with van der Waals surface area (Å²) in [5, 5.41) is 11.2. The first kappa shape index (κ1) is 12.0. The third kappa shape index (κ3) is 1.28. The summed E-state index contributed by atoms with van der Waals surface area (Å²) in [7, 11) is 0. The molecule has 0 saturated heterocycles. The van der Waals surface area contributed by atoms with E-state index in [4.69, 9.17) is 0 Å². The van der Waals surface area contributed by atoms with Crippen molar-refractivity contribution < 1.29 is 4.39 Å². The Balaban J connectivity index is 2.13. The molecule has 23 heavy (non-hydrogen) atoms. The molecular formula is C21H11FS. The molecule has 0 nitrogen and oxygen atoms in total. The van der Waals surface area contributed by atoms with Crippen molar-refractivity contribution in [3.05, 3.63) is 100 Å². The summed E-state index contributed by atoms with van der Waals surface area (Å²) in [5.41, 5.74) is 0. The van der Waals surface area contributed by atoms with Gasteiger partial charge in [-0.1, -0.05) is 30.3 Å². The van der Waals surface area contributed by atoms with Gasteiger partial charge < -0.3 is 0 Å². The summed E-state index contributed by atoms with van der Waals surface area (Å²) in [5.74, 6) is -0.168. The molecule has 1 heterocycles. The molecule has 3 aromatic carbocycles. The summed E-state index contributed by atoms with van der Waals surface area (Å²) in [6, 6.07) is 16.3. The molecule has 0 aliphatic heterocycles. The zero-order valence-corrected chi connectivity index (χ0v) is 13.2. The van der Waals surface area contributed by atoms with Crippen molar-refractivity contribution in [1.82, 2.24) is 0 Å². The van der Waals surface area contributed by atoms with Crippen LogP contribution in [0.5, 0.6) is 0 Å². The molecule has 0 atom stereocenters. The van der Waals surface area contributed by atoms with Gasteiger partial charge in [0.2, 0.25) is 0 Å². The van der Waals surface area contributed by atoms with E-state index in [-0.39, 0.29) is 5.82 Å². The number of aryl methyl sites for hydroxylation is 1. The average Bonchev–Trinajstić information content (AvgIpc) is 3.15. The number of hydrogen-bond acceptors (Lipinski definition) is 1. The van der Waals surface area contributed by atoms with Crippen molar-refractivity contribution in [2.45, 2.75) is 6.92 Å². The molecule has 108 valence electrons. The Bertz CT molecular complexity index is 1540. The van der Waals surface area contributed by atoms with Crippen LogP contribution in [0.3, 0.4) is 0 Å². The van der Waals surface area contributed by atoms with Crippen molar-refractivity contribution in [3.8, 4) is 0 Å². The Labute approximate surface area is 134 Å². The fourth-order valence-corrected chi connectivity index (χ4v) is 5.30. The van der Waals surface area contributed by atoms with Gasteiger partial charge in [-0.05, 0) is 62.0 Å². The van der Waals surface area contributed by atoms with Gasteiger partial charge in [0.1, 0.15) is 5.82 Å². The summed E-state index contributed by atoms with van der Waals surface area (Å²) in [4.78, 5) is 1.35. The second-order valence-electron chi connectivity index (χ2n) is 6.36. The van der Waals surface area contributed by atoms with Gasteiger partial charge >= 0.3 is 0 Å². The topological polar surface area (TPSA) is 0 Å². The molecule has 2 aliphatic carbocycles. The average molecular weight is 314 g/mol. The van der Waals surface area contributed by atoms with E-state index < -0.39 is 0 Å². The Morgan fingerprint density at radius 1 is 0.652 bits per heavy atom. The fourth-order valence-electron chi connectivity index (χ4n) is 4.25. The maximum absolute atomic E-state index is 13.8. The van der Waals surface area contributed by atoms with Crippen LogP contribution in [0.4, 0.5) is 4.39 Å². The molecule has 2 aliphatic rings. The van der Waals surface area contributed by atoms with Crippen molar-refractivity contribution in [2.75, 3.05) is 0 Å². The van der Waals surface area contributed by atoms with Crippen LogP contribution in [0, 0.1) is 53.8 Å². The zero-order valence-electron chi connectivity index (χ0n) is 12.4. The first-order valence-electron chi connectivity index (χ1n) is 7.73. The second kappa shape index (κ2) is 3.72. The number of thiophene rings is 1. The highest BCUT2D eigenvalue weighted by atomic mass is 32.1. The van der Waals surface area contributed by atoms with Crippen molar-refractivity contribution in [1.29, 1.82) is 0 Å². The Hall–Kier alpha value is -2.45. The molecule has 2 heteroatoms. The summed E-state index contributed by atoms with van der Waals surface area (Å²) in [6.07, 6.45) is 0. The lowest BCUT2D eigenvalue weighted by Gasteiger charge is -1.98. The predicted molar refractivity (Wildman–Crippen MR) is 90.1 cm³/mol. The zero-order chi connectivity index (χ0) is 15.3. The lowest BCUT2D eigenvalue weighted by molar-refractivity contribution is 0.626. The van der Waals surface area contributed by atoms with Crippen LogP contribution in [-0.4, -0.2) is 0 Å². The second-order valence-corrected chi connectivity index (χ2v) is 7.62. The van der Waals surface area contributed by atoms with Crippen LogP contribution >= 0.6 is 11.3 Å². The van der Waals surface area contributed by atoms with E-state index in [1.165, 1.54) is 46.3 Å². The van der Waals surface area contributed by atoms with Gasteiger partial charge in [-0.15, -0.1) is 11.3 Å². The van der Waals surface area contributed by atoms with Gasteiger partial charge in [0.25, 0.3) is 0 Å². The smallest absolute Gasteiger partial charge is 0.123 e. The molecule has 0 unspecified atom stereocenters. The number of halogens is 1. The molecule has 0 saturated carbocycles. The van der Waals surface area contributed by atoms with Gasteiger partial charge in [-0.2, -0.15) is 0 Å². The third-order valence-corrected chi connectivity index (χ3v) is 6.20. The standard InChI is InChI=1S/C21H11FS/c1-10-8-18-15-5-4-13-12-3-2-11(22)9-17(12)14-6-7-16(21(18)23-10)20(15)19(13)14/h2-9H,1H3. The van der Waals surface area contributed by atoms with Gasteiger partial charge in [-0.25, -0.2) is 4.39 Å². The van der Waals surface area contributed by atoms with Crippen LogP contribution in [-0.2, 0) is 0 Å². The van der Waals surface area contributed by atoms with Crippen molar-refractivity contribution >= 4 is 22.1 Å². The maximum Gasteiger partial charge on any atom is 0.123 e. The van der Waals surface area contributed by atoms with E-state index in [2.05, 4.69) is 37.3 Å². The third-order valence-electron chi connectivity index (χ3n) is 5.11. The summed E-state index contributed by atoms with van der Waals surface area (Å²) >= 11 is 1.86. The molecule has 0 bridgehead atoms. The highest BCUT2D eigenvalue weighted by Gasteiger charge is 2.13. The minimum Gasteiger partial charge on any atom is -0.207 e.